The molecule has 0 aliphatic carbocycles. The molecule has 0 spiro atoms. The fourth-order valence-electron chi connectivity index (χ4n) is 2.18. The highest BCUT2D eigenvalue weighted by Gasteiger charge is 2.17. The molecule has 2 aromatic rings. The molecule has 100 valence electrons. The summed E-state index contributed by atoms with van der Waals surface area (Å²) in [4.78, 5) is 0. The van der Waals surface area contributed by atoms with Gasteiger partial charge in [0.1, 0.15) is 0 Å². The van der Waals surface area contributed by atoms with E-state index < -0.39 is 0 Å². The molecule has 1 unspecified atom stereocenters. The summed E-state index contributed by atoms with van der Waals surface area (Å²) >= 11 is 10.7. The summed E-state index contributed by atoms with van der Waals surface area (Å²) in [7, 11) is 1.99. The van der Waals surface area contributed by atoms with Gasteiger partial charge >= 0.3 is 0 Å². The SMILES string of the molecule is CNC(c1ccc(Br)cc1C)c1cc(Br)ccc1Br. The number of hydrogen-bond acceptors (Lipinski definition) is 1. The average Bonchev–Trinajstić information content (AvgIpc) is 2.36. The summed E-state index contributed by atoms with van der Waals surface area (Å²) in [5, 5.41) is 3.40. The molecule has 0 amide bonds. The van der Waals surface area contributed by atoms with Gasteiger partial charge in [0, 0.05) is 13.4 Å². The zero-order valence-corrected chi connectivity index (χ0v) is 15.4. The van der Waals surface area contributed by atoms with Crippen molar-refractivity contribution in [1.82, 2.24) is 5.32 Å². The molecule has 2 aromatic carbocycles. The fourth-order valence-corrected chi connectivity index (χ4v) is 3.51. The van der Waals surface area contributed by atoms with E-state index in [0.717, 1.165) is 13.4 Å². The van der Waals surface area contributed by atoms with Crippen LogP contribution in [-0.2, 0) is 0 Å². The van der Waals surface area contributed by atoms with E-state index in [2.05, 4.69) is 90.4 Å². The standard InChI is InChI=1S/C15H14Br3N/c1-9-7-10(16)3-5-12(9)15(19-2)13-8-11(17)4-6-14(13)18/h3-8,15,19H,1-2H3. The third-order valence-electron chi connectivity index (χ3n) is 3.10. The molecule has 0 bridgehead atoms. The van der Waals surface area contributed by atoms with Crippen LogP contribution in [0.1, 0.15) is 22.7 Å². The van der Waals surface area contributed by atoms with Crippen molar-refractivity contribution in [1.29, 1.82) is 0 Å². The molecule has 4 heteroatoms. The zero-order valence-electron chi connectivity index (χ0n) is 10.7. The molecule has 1 N–H and O–H groups in total. The minimum atomic E-state index is 0.167. The second-order valence-electron chi connectivity index (χ2n) is 4.39. The van der Waals surface area contributed by atoms with E-state index in [4.69, 9.17) is 0 Å². The molecule has 0 aliphatic heterocycles. The zero-order chi connectivity index (χ0) is 14.0. The highest BCUT2D eigenvalue weighted by molar-refractivity contribution is 9.11. The van der Waals surface area contributed by atoms with Gasteiger partial charge in [0.05, 0.1) is 6.04 Å². The topological polar surface area (TPSA) is 12.0 Å². The van der Waals surface area contributed by atoms with Crippen LogP contribution < -0.4 is 5.32 Å². The molecule has 0 saturated heterocycles. The van der Waals surface area contributed by atoms with Gasteiger partial charge in [0.2, 0.25) is 0 Å². The number of halogens is 3. The van der Waals surface area contributed by atoms with Crippen LogP contribution in [0.3, 0.4) is 0 Å². The Labute approximate surface area is 139 Å². The minimum absolute atomic E-state index is 0.167. The van der Waals surface area contributed by atoms with Gasteiger partial charge in [0.25, 0.3) is 0 Å². The smallest absolute Gasteiger partial charge is 0.0588 e. The Morgan fingerprint density at radius 2 is 1.53 bits per heavy atom. The molecular weight excluding hydrogens is 434 g/mol. The van der Waals surface area contributed by atoms with Gasteiger partial charge in [-0.2, -0.15) is 0 Å². The van der Waals surface area contributed by atoms with E-state index in [1.165, 1.54) is 16.7 Å². The Kier molecular flexibility index (Phi) is 5.23. The second-order valence-corrected chi connectivity index (χ2v) is 7.07. The Balaban J connectivity index is 2.52. The van der Waals surface area contributed by atoms with Crippen molar-refractivity contribution >= 4 is 47.8 Å². The maximum atomic E-state index is 3.64. The highest BCUT2D eigenvalue weighted by Crippen LogP contribution is 2.33. The first kappa shape index (κ1) is 15.2. The summed E-state index contributed by atoms with van der Waals surface area (Å²) in [6.45, 7) is 2.14. The quantitative estimate of drug-likeness (QED) is 0.646. The molecule has 0 saturated carbocycles. The first-order valence-electron chi connectivity index (χ1n) is 5.91. The van der Waals surface area contributed by atoms with Crippen LogP contribution in [0.4, 0.5) is 0 Å². The highest BCUT2D eigenvalue weighted by atomic mass is 79.9. The van der Waals surface area contributed by atoms with Crippen LogP contribution >= 0.6 is 47.8 Å². The summed E-state index contributed by atoms with van der Waals surface area (Å²) < 4.78 is 3.30. The van der Waals surface area contributed by atoms with Crippen LogP contribution in [0.2, 0.25) is 0 Å². The average molecular weight is 448 g/mol. The lowest BCUT2D eigenvalue weighted by Gasteiger charge is -2.21. The van der Waals surface area contributed by atoms with Gasteiger partial charge in [-0.1, -0.05) is 53.9 Å². The monoisotopic (exact) mass is 445 g/mol. The van der Waals surface area contributed by atoms with Gasteiger partial charge < -0.3 is 5.32 Å². The van der Waals surface area contributed by atoms with Crippen molar-refractivity contribution in [2.24, 2.45) is 0 Å². The van der Waals surface area contributed by atoms with Crippen molar-refractivity contribution in [3.63, 3.8) is 0 Å². The Hall–Kier alpha value is -0.160. The maximum absolute atomic E-state index is 3.64. The van der Waals surface area contributed by atoms with Crippen molar-refractivity contribution in [2.45, 2.75) is 13.0 Å². The Bertz CT molecular complexity index is 596. The van der Waals surface area contributed by atoms with Crippen LogP contribution in [0, 0.1) is 6.92 Å². The molecule has 0 aromatic heterocycles. The normalized spacial score (nSPS) is 12.5. The van der Waals surface area contributed by atoms with Crippen molar-refractivity contribution in [3.05, 3.63) is 66.5 Å². The third kappa shape index (κ3) is 3.48. The summed E-state index contributed by atoms with van der Waals surface area (Å²) in [5.74, 6) is 0. The van der Waals surface area contributed by atoms with Gasteiger partial charge in [-0.25, -0.2) is 0 Å². The van der Waals surface area contributed by atoms with E-state index in [1.807, 2.05) is 13.1 Å². The number of nitrogens with one attached hydrogen (secondary N) is 1. The number of hydrogen-bond donors (Lipinski definition) is 1. The molecule has 1 atom stereocenters. The second kappa shape index (κ2) is 6.53. The molecule has 19 heavy (non-hydrogen) atoms. The lowest BCUT2D eigenvalue weighted by molar-refractivity contribution is 0.684. The Morgan fingerprint density at radius 3 is 2.16 bits per heavy atom. The predicted molar refractivity (Wildman–Crippen MR) is 91.6 cm³/mol. The Morgan fingerprint density at radius 1 is 0.895 bits per heavy atom. The van der Waals surface area contributed by atoms with Crippen LogP contribution in [-0.4, -0.2) is 7.05 Å². The predicted octanol–water partition coefficient (Wildman–Crippen LogP) is 5.59. The summed E-state index contributed by atoms with van der Waals surface area (Å²) in [6, 6.07) is 12.8. The number of aryl methyl sites for hydroxylation is 1. The first-order valence-corrected chi connectivity index (χ1v) is 8.29. The first-order chi connectivity index (χ1) is 9.02. The van der Waals surface area contributed by atoms with Crippen LogP contribution in [0.5, 0.6) is 0 Å². The van der Waals surface area contributed by atoms with E-state index in [9.17, 15) is 0 Å². The third-order valence-corrected chi connectivity index (χ3v) is 4.81. The molecule has 0 aliphatic rings. The summed E-state index contributed by atoms with van der Waals surface area (Å²) in [5.41, 5.74) is 3.77. The molecular formula is C15H14Br3N. The van der Waals surface area contributed by atoms with Crippen LogP contribution in [0.15, 0.2) is 49.8 Å². The lowest BCUT2D eigenvalue weighted by atomic mass is 9.95. The van der Waals surface area contributed by atoms with E-state index in [-0.39, 0.29) is 6.04 Å². The van der Waals surface area contributed by atoms with E-state index >= 15 is 0 Å². The van der Waals surface area contributed by atoms with Crippen molar-refractivity contribution in [3.8, 4) is 0 Å². The summed E-state index contributed by atoms with van der Waals surface area (Å²) in [6.07, 6.45) is 0. The maximum Gasteiger partial charge on any atom is 0.0588 e. The van der Waals surface area contributed by atoms with Gasteiger partial charge in [0.15, 0.2) is 0 Å². The molecule has 1 nitrogen and oxygen atoms in total. The van der Waals surface area contributed by atoms with Crippen molar-refractivity contribution < 1.29 is 0 Å². The lowest BCUT2D eigenvalue weighted by Crippen LogP contribution is -2.19. The van der Waals surface area contributed by atoms with Gasteiger partial charge in [-0.3, -0.25) is 0 Å². The number of benzene rings is 2. The fraction of sp³-hybridized carbons (Fsp3) is 0.200. The largest absolute Gasteiger partial charge is 0.309 e. The molecule has 0 radical (unpaired) electrons. The molecule has 0 fully saturated rings. The van der Waals surface area contributed by atoms with Crippen molar-refractivity contribution in [2.75, 3.05) is 7.05 Å². The van der Waals surface area contributed by atoms with E-state index in [0.29, 0.717) is 0 Å². The van der Waals surface area contributed by atoms with E-state index in [1.54, 1.807) is 0 Å². The molecule has 2 rings (SSSR count). The number of rotatable bonds is 3. The minimum Gasteiger partial charge on any atom is -0.309 e. The van der Waals surface area contributed by atoms with Gasteiger partial charge in [-0.05, 0) is 61.0 Å². The van der Waals surface area contributed by atoms with Crippen LogP contribution in [0.25, 0.3) is 0 Å². The molecule has 0 heterocycles. The van der Waals surface area contributed by atoms with Gasteiger partial charge in [-0.15, -0.1) is 0 Å².